The van der Waals surface area contributed by atoms with E-state index >= 15 is 0 Å². The number of para-hydroxylation sites is 1. The number of amides is 1. The van der Waals surface area contributed by atoms with Crippen LogP contribution in [0.5, 0.6) is 0 Å². The molecule has 1 fully saturated rings. The minimum atomic E-state index is -0.402. The number of aliphatic imine (C=N–C) groups is 1. The summed E-state index contributed by atoms with van der Waals surface area (Å²) in [6.45, 7) is 2.36. The van der Waals surface area contributed by atoms with Crippen LogP contribution in [0.25, 0.3) is 6.08 Å². The maximum atomic E-state index is 13.9. The Morgan fingerprint density at radius 2 is 1.85 bits per heavy atom. The van der Waals surface area contributed by atoms with Gasteiger partial charge in [0.15, 0.2) is 5.17 Å². The lowest BCUT2D eigenvalue weighted by atomic mass is 10.2. The maximum Gasteiger partial charge on any atom is 0.266 e. The van der Waals surface area contributed by atoms with Gasteiger partial charge in [-0.05, 0) is 54.6 Å². The number of halogens is 1. The molecule has 0 spiro atoms. The molecule has 0 bridgehead atoms. The molecule has 3 rings (SSSR count). The molecule has 0 aliphatic carbocycles. The van der Waals surface area contributed by atoms with Crippen LogP contribution in [0.4, 0.5) is 15.8 Å². The largest absolute Gasteiger partial charge is 0.378 e. The van der Waals surface area contributed by atoms with Crippen LogP contribution in [0, 0.1) is 5.82 Å². The molecule has 0 saturated carbocycles. The van der Waals surface area contributed by atoms with E-state index in [0.29, 0.717) is 16.6 Å². The van der Waals surface area contributed by atoms with Crippen LogP contribution in [-0.2, 0) is 4.79 Å². The zero-order valence-corrected chi connectivity index (χ0v) is 15.8. The molecule has 1 heterocycles. The Bertz CT molecular complexity index is 875. The summed E-state index contributed by atoms with van der Waals surface area (Å²) in [5.41, 5.74) is 2.27. The summed E-state index contributed by atoms with van der Waals surface area (Å²) in [5, 5.41) is 0.499. The van der Waals surface area contributed by atoms with Crippen molar-refractivity contribution in [1.29, 1.82) is 0 Å². The lowest BCUT2D eigenvalue weighted by Gasteiger charge is -2.12. The molecule has 1 aliphatic rings. The molecule has 1 saturated heterocycles. The molecule has 26 heavy (non-hydrogen) atoms. The quantitative estimate of drug-likeness (QED) is 0.744. The molecular weight excluding hydrogens is 349 g/mol. The van der Waals surface area contributed by atoms with Crippen molar-refractivity contribution in [3.8, 4) is 0 Å². The molecule has 134 valence electrons. The number of carbonyl (C=O) groups excluding carboxylic acids is 1. The van der Waals surface area contributed by atoms with Crippen LogP contribution in [0.2, 0.25) is 0 Å². The number of nitrogens with zero attached hydrogens (tertiary/aromatic N) is 3. The second-order valence-corrected chi connectivity index (χ2v) is 7.00. The van der Waals surface area contributed by atoms with Crippen LogP contribution in [0.3, 0.4) is 0 Å². The summed E-state index contributed by atoms with van der Waals surface area (Å²) in [6.07, 6.45) is 1.85. The van der Waals surface area contributed by atoms with Crippen LogP contribution in [0.1, 0.15) is 12.5 Å². The fraction of sp³-hybridized carbons (Fsp3) is 0.200. The van der Waals surface area contributed by atoms with E-state index in [-0.39, 0.29) is 11.6 Å². The van der Waals surface area contributed by atoms with Gasteiger partial charge in [-0.1, -0.05) is 24.3 Å². The van der Waals surface area contributed by atoms with Gasteiger partial charge in [0.1, 0.15) is 11.5 Å². The highest BCUT2D eigenvalue weighted by Crippen LogP contribution is 2.34. The van der Waals surface area contributed by atoms with Gasteiger partial charge in [0.2, 0.25) is 0 Å². The van der Waals surface area contributed by atoms with Crippen LogP contribution in [0.15, 0.2) is 58.4 Å². The Labute approximate surface area is 157 Å². The van der Waals surface area contributed by atoms with E-state index in [0.717, 1.165) is 11.3 Å². The molecule has 0 aromatic heterocycles. The van der Waals surface area contributed by atoms with Gasteiger partial charge in [0, 0.05) is 26.3 Å². The van der Waals surface area contributed by atoms with Crippen molar-refractivity contribution in [2.45, 2.75) is 6.92 Å². The minimum Gasteiger partial charge on any atom is -0.378 e. The predicted molar refractivity (Wildman–Crippen MR) is 107 cm³/mol. The number of amidine groups is 1. The monoisotopic (exact) mass is 369 g/mol. The van der Waals surface area contributed by atoms with Crippen molar-refractivity contribution in [3.05, 3.63) is 64.8 Å². The average molecular weight is 369 g/mol. The lowest BCUT2D eigenvalue weighted by molar-refractivity contribution is -0.122. The summed E-state index contributed by atoms with van der Waals surface area (Å²) < 4.78 is 13.9. The Morgan fingerprint density at radius 1 is 1.15 bits per heavy atom. The first-order chi connectivity index (χ1) is 12.5. The van der Waals surface area contributed by atoms with Gasteiger partial charge in [-0.15, -0.1) is 0 Å². The Morgan fingerprint density at radius 3 is 2.46 bits per heavy atom. The Hall–Kier alpha value is -2.60. The third-order valence-corrected chi connectivity index (χ3v) is 4.99. The fourth-order valence-corrected chi connectivity index (χ4v) is 3.59. The summed E-state index contributed by atoms with van der Waals surface area (Å²) >= 11 is 1.27. The van der Waals surface area contributed by atoms with E-state index in [1.807, 2.05) is 56.3 Å². The molecule has 0 radical (unpaired) electrons. The predicted octanol–water partition coefficient (Wildman–Crippen LogP) is 4.52. The average Bonchev–Trinajstić information content (AvgIpc) is 2.92. The second-order valence-electron chi connectivity index (χ2n) is 5.99. The molecule has 1 amide bonds. The number of thioether (sulfide) groups is 1. The highest BCUT2D eigenvalue weighted by Gasteiger charge is 2.32. The van der Waals surface area contributed by atoms with E-state index in [4.69, 9.17) is 0 Å². The minimum absolute atomic E-state index is 0.107. The molecule has 6 heteroatoms. The van der Waals surface area contributed by atoms with Crippen LogP contribution < -0.4 is 4.90 Å². The van der Waals surface area contributed by atoms with Gasteiger partial charge in [-0.3, -0.25) is 9.69 Å². The third-order valence-electron chi connectivity index (χ3n) is 3.98. The lowest BCUT2D eigenvalue weighted by Crippen LogP contribution is -2.28. The summed E-state index contributed by atoms with van der Waals surface area (Å²) in [7, 11) is 3.96. The summed E-state index contributed by atoms with van der Waals surface area (Å²) in [6, 6.07) is 14.3. The van der Waals surface area contributed by atoms with Crippen molar-refractivity contribution < 1.29 is 9.18 Å². The number of benzene rings is 2. The number of hydrogen-bond acceptors (Lipinski definition) is 4. The number of hydrogen-bond donors (Lipinski definition) is 0. The Balaban J connectivity index is 1.90. The normalized spacial score (nSPS) is 17.4. The van der Waals surface area contributed by atoms with E-state index in [1.165, 1.54) is 17.8 Å². The second kappa shape index (κ2) is 7.74. The van der Waals surface area contributed by atoms with E-state index < -0.39 is 5.82 Å². The highest BCUT2D eigenvalue weighted by molar-refractivity contribution is 8.18. The third kappa shape index (κ3) is 3.80. The molecule has 2 aromatic rings. The zero-order valence-electron chi connectivity index (χ0n) is 14.9. The standard InChI is InChI=1S/C20H20FN3OS/c1-4-24-19(25)18(13-14-9-11-15(12-10-14)23(2)3)26-20(24)22-17-8-6-5-7-16(17)21/h5-13H,4H2,1-3H3/b18-13+,22-20?. The molecule has 4 nitrogen and oxygen atoms in total. The maximum absolute atomic E-state index is 13.9. The number of anilines is 1. The van der Waals surface area contributed by atoms with Crippen molar-refractivity contribution in [2.75, 3.05) is 25.5 Å². The molecule has 1 aliphatic heterocycles. The van der Waals surface area contributed by atoms with Crippen molar-refractivity contribution >= 4 is 40.3 Å². The number of carbonyl (C=O) groups is 1. The number of likely N-dealkylation sites (N-methyl/N-ethyl adjacent to an activating group) is 1. The van der Waals surface area contributed by atoms with Gasteiger partial charge in [0.25, 0.3) is 5.91 Å². The van der Waals surface area contributed by atoms with Gasteiger partial charge >= 0.3 is 0 Å². The van der Waals surface area contributed by atoms with Crippen molar-refractivity contribution in [1.82, 2.24) is 4.90 Å². The van der Waals surface area contributed by atoms with Gasteiger partial charge in [-0.25, -0.2) is 9.38 Å². The van der Waals surface area contributed by atoms with E-state index in [2.05, 4.69) is 4.99 Å². The summed E-state index contributed by atoms with van der Waals surface area (Å²) in [4.78, 5) is 21.2. The molecular formula is C20H20FN3OS. The fourth-order valence-electron chi connectivity index (χ4n) is 2.54. The van der Waals surface area contributed by atoms with Crippen molar-refractivity contribution in [3.63, 3.8) is 0 Å². The van der Waals surface area contributed by atoms with Crippen LogP contribution in [-0.4, -0.2) is 36.6 Å². The molecule has 0 N–H and O–H groups in total. The van der Waals surface area contributed by atoms with Gasteiger partial charge < -0.3 is 4.90 Å². The van der Waals surface area contributed by atoms with Gasteiger partial charge in [-0.2, -0.15) is 0 Å². The topological polar surface area (TPSA) is 35.9 Å². The molecule has 0 unspecified atom stereocenters. The van der Waals surface area contributed by atoms with E-state index in [9.17, 15) is 9.18 Å². The number of rotatable bonds is 4. The summed E-state index contributed by atoms with van der Waals surface area (Å²) in [5.74, 6) is -0.509. The van der Waals surface area contributed by atoms with Gasteiger partial charge in [0.05, 0.1) is 4.91 Å². The van der Waals surface area contributed by atoms with Crippen molar-refractivity contribution in [2.24, 2.45) is 4.99 Å². The highest BCUT2D eigenvalue weighted by atomic mass is 32.2. The SMILES string of the molecule is CCN1C(=O)/C(=C\c2ccc(N(C)C)cc2)SC1=Nc1ccccc1F. The molecule has 0 atom stereocenters. The zero-order chi connectivity index (χ0) is 18.7. The first-order valence-corrected chi connectivity index (χ1v) is 9.13. The first kappa shape index (κ1) is 18.2. The van der Waals surface area contributed by atoms with Crippen LogP contribution >= 0.6 is 11.8 Å². The smallest absolute Gasteiger partial charge is 0.266 e. The first-order valence-electron chi connectivity index (χ1n) is 8.31. The van der Waals surface area contributed by atoms with E-state index in [1.54, 1.807) is 23.1 Å². The molecule has 2 aromatic carbocycles. The Kier molecular flexibility index (Phi) is 5.42.